The molecule has 0 unspecified atom stereocenters. The summed E-state index contributed by atoms with van der Waals surface area (Å²) in [4.78, 5) is 25.1. The maximum atomic E-state index is 13.4. The van der Waals surface area contributed by atoms with E-state index in [0.29, 0.717) is 12.8 Å². The fourth-order valence-electron chi connectivity index (χ4n) is 2.44. The monoisotopic (exact) mass is 315 g/mol. The second-order valence-corrected chi connectivity index (χ2v) is 6.85. The third-order valence-corrected chi connectivity index (χ3v) is 3.58. The minimum atomic E-state index is -3.07. The number of ether oxygens (including phenoxy) is 1. The van der Waals surface area contributed by atoms with Crippen LogP contribution in [0.3, 0.4) is 0 Å². The molecule has 8 heteroatoms. The van der Waals surface area contributed by atoms with Crippen molar-refractivity contribution >= 4 is 12.0 Å². The van der Waals surface area contributed by atoms with Crippen LogP contribution < -0.4 is 5.32 Å². The van der Waals surface area contributed by atoms with Crippen molar-refractivity contribution in [3.8, 4) is 6.07 Å². The van der Waals surface area contributed by atoms with Crippen LogP contribution in [0.4, 0.5) is 13.6 Å². The number of nitrogens with zero attached hydrogens (tertiary/aromatic N) is 2. The number of nitrogens with one attached hydrogen (secondary N) is 1. The maximum Gasteiger partial charge on any atom is 0.408 e. The molecule has 122 valence electrons. The molecule has 2 rings (SSSR count). The number of likely N-dealkylation sites (tertiary alicyclic amines) is 1. The highest BCUT2D eigenvalue weighted by Gasteiger charge is 2.58. The van der Waals surface area contributed by atoms with E-state index >= 15 is 0 Å². The molecule has 0 aromatic rings. The van der Waals surface area contributed by atoms with Crippen LogP contribution in [0.5, 0.6) is 0 Å². The minimum Gasteiger partial charge on any atom is -0.444 e. The molecule has 0 radical (unpaired) electrons. The van der Waals surface area contributed by atoms with E-state index in [4.69, 9.17) is 10.00 Å². The summed E-state index contributed by atoms with van der Waals surface area (Å²) < 4.78 is 31.9. The van der Waals surface area contributed by atoms with Gasteiger partial charge in [-0.15, -0.1) is 0 Å². The zero-order valence-electron chi connectivity index (χ0n) is 12.8. The number of hydrogen-bond donors (Lipinski definition) is 1. The fraction of sp³-hybridized carbons (Fsp3) is 0.786. The molecule has 0 aromatic heterocycles. The number of carbonyl (C=O) groups excluding carboxylic acids is 2. The van der Waals surface area contributed by atoms with E-state index in [2.05, 4.69) is 5.32 Å². The average Bonchev–Trinajstić information content (AvgIpc) is 3.03. The van der Waals surface area contributed by atoms with Crippen LogP contribution in [0.2, 0.25) is 0 Å². The number of alkyl carbamates (subject to hydrolysis) is 1. The smallest absolute Gasteiger partial charge is 0.408 e. The molecule has 0 bridgehead atoms. The van der Waals surface area contributed by atoms with Gasteiger partial charge in [-0.3, -0.25) is 4.79 Å². The molecular weight excluding hydrogens is 296 g/mol. The number of alkyl halides is 2. The summed E-state index contributed by atoms with van der Waals surface area (Å²) in [5.41, 5.74) is -1.93. The lowest BCUT2D eigenvalue weighted by Crippen LogP contribution is -2.53. The van der Waals surface area contributed by atoms with Crippen LogP contribution in [0.1, 0.15) is 40.0 Å². The molecular formula is C14H19F2N3O3. The Labute approximate surface area is 127 Å². The Bertz CT molecular complexity index is 532. The van der Waals surface area contributed by atoms with E-state index < -0.39 is 48.1 Å². The molecule has 22 heavy (non-hydrogen) atoms. The van der Waals surface area contributed by atoms with E-state index in [1.54, 1.807) is 26.8 Å². The molecule has 1 saturated heterocycles. The van der Waals surface area contributed by atoms with Crippen molar-refractivity contribution in [2.24, 2.45) is 0 Å². The molecule has 1 N–H and O–H groups in total. The average molecular weight is 315 g/mol. The van der Waals surface area contributed by atoms with E-state index in [-0.39, 0.29) is 0 Å². The van der Waals surface area contributed by atoms with Gasteiger partial charge in [0, 0.05) is 6.42 Å². The summed E-state index contributed by atoms with van der Waals surface area (Å²) in [6.07, 6.45) is -0.730. The second-order valence-electron chi connectivity index (χ2n) is 6.85. The molecule has 2 fully saturated rings. The standard InChI is InChI=1S/C14H19F2N3O3/c1-12(2,3)22-11(21)18-13(4-5-13)10(20)19-8-14(15,16)6-9(19)7-17/h9H,4-6,8H2,1-3H3,(H,18,21)/t9-/m0/s1. The Balaban J connectivity index is 2.06. The lowest BCUT2D eigenvalue weighted by Gasteiger charge is -2.27. The van der Waals surface area contributed by atoms with E-state index in [1.807, 2.05) is 0 Å². The van der Waals surface area contributed by atoms with Gasteiger partial charge in [-0.2, -0.15) is 5.26 Å². The van der Waals surface area contributed by atoms with Crippen molar-refractivity contribution in [1.82, 2.24) is 10.2 Å². The largest absolute Gasteiger partial charge is 0.444 e. The first-order chi connectivity index (χ1) is 9.98. The predicted molar refractivity (Wildman–Crippen MR) is 72.0 cm³/mol. The van der Waals surface area contributed by atoms with Crippen molar-refractivity contribution in [1.29, 1.82) is 5.26 Å². The molecule has 1 heterocycles. The first-order valence-electron chi connectivity index (χ1n) is 7.08. The Morgan fingerprint density at radius 2 is 1.95 bits per heavy atom. The Hall–Kier alpha value is -1.91. The highest BCUT2D eigenvalue weighted by Crippen LogP contribution is 2.41. The predicted octanol–water partition coefficient (Wildman–Crippen LogP) is 1.80. The van der Waals surface area contributed by atoms with Crippen molar-refractivity contribution in [3.05, 3.63) is 0 Å². The molecule has 1 aliphatic heterocycles. The summed E-state index contributed by atoms with van der Waals surface area (Å²) in [5.74, 6) is -3.71. The zero-order chi connectivity index (χ0) is 16.8. The molecule has 1 aliphatic carbocycles. The highest BCUT2D eigenvalue weighted by atomic mass is 19.3. The van der Waals surface area contributed by atoms with E-state index in [9.17, 15) is 18.4 Å². The molecule has 1 saturated carbocycles. The molecule has 0 spiro atoms. The van der Waals surface area contributed by atoms with Crippen LogP contribution >= 0.6 is 0 Å². The van der Waals surface area contributed by atoms with Crippen LogP contribution in [0.15, 0.2) is 0 Å². The van der Waals surface area contributed by atoms with Gasteiger partial charge in [0.25, 0.3) is 5.92 Å². The summed E-state index contributed by atoms with van der Waals surface area (Å²) in [7, 11) is 0. The molecule has 1 atom stereocenters. The summed E-state index contributed by atoms with van der Waals surface area (Å²) in [5, 5.41) is 11.4. The number of carbonyl (C=O) groups is 2. The van der Waals surface area contributed by atoms with Gasteiger partial charge in [0.05, 0.1) is 12.6 Å². The number of halogens is 2. The van der Waals surface area contributed by atoms with Crippen LogP contribution in [-0.2, 0) is 9.53 Å². The highest BCUT2D eigenvalue weighted by molar-refractivity contribution is 5.93. The van der Waals surface area contributed by atoms with Crippen LogP contribution in [0, 0.1) is 11.3 Å². The van der Waals surface area contributed by atoms with Gasteiger partial charge in [-0.25, -0.2) is 13.6 Å². The molecule has 2 aliphatic rings. The Kier molecular flexibility index (Phi) is 3.80. The quantitative estimate of drug-likeness (QED) is 0.842. The lowest BCUT2D eigenvalue weighted by atomic mass is 10.2. The maximum absolute atomic E-state index is 13.4. The van der Waals surface area contributed by atoms with Gasteiger partial charge in [0.1, 0.15) is 17.2 Å². The van der Waals surface area contributed by atoms with Gasteiger partial charge < -0.3 is 15.0 Å². The Morgan fingerprint density at radius 1 is 1.36 bits per heavy atom. The van der Waals surface area contributed by atoms with Gasteiger partial charge in [0.2, 0.25) is 5.91 Å². The minimum absolute atomic E-state index is 0.352. The topological polar surface area (TPSA) is 82.4 Å². The number of amides is 2. The van der Waals surface area contributed by atoms with E-state index in [0.717, 1.165) is 4.90 Å². The Morgan fingerprint density at radius 3 is 2.41 bits per heavy atom. The number of nitriles is 1. The first-order valence-corrected chi connectivity index (χ1v) is 7.08. The van der Waals surface area contributed by atoms with Crippen LogP contribution in [0.25, 0.3) is 0 Å². The summed E-state index contributed by atoms with van der Waals surface area (Å²) in [6.45, 7) is 4.25. The number of hydrogen-bond acceptors (Lipinski definition) is 4. The van der Waals surface area contributed by atoms with Crippen molar-refractivity contribution in [3.63, 3.8) is 0 Å². The first kappa shape index (κ1) is 16.5. The van der Waals surface area contributed by atoms with Crippen molar-refractivity contribution in [2.75, 3.05) is 6.54 Å². The van der Waals surface area contributed by atoms with Gasteiger partial charge in [-0.05, 0) is 33.6 Å². The molecule has 0 aromatic carbocycles. The third-order valence-electron chi connectivity index (χ3n) is 3.58. The summed E-state index contributed by atoms with van der Waals surface area (Å²) in [6, 6.07) is 0.557. The summed E-state index contributed by atoms with van der Waals surface area (Å²) >= 11 is 0. The van der Waals surface area contributed by atoms with Crippen LogP contribution in [-0.4, -0.2) is 46.5 Å². The molecule has 2 amide bonds. The SMILES string of the molecule is CC(C)(C)OC(=O)NC1(C(=O)N2CC(F)(F)C[C@H]2C#N)CC1. The second kappa shape index (κ2) is 5.07. The van der Waals surface area contributed by atoms with Crippen molar-refractivity contribution < 1.29 is 23.1 Å². The van der Waals surface area contributed by atoms with E-state index in [1.165, 1.54) is 0 Å². The lowest BCUT2D eigenvalue weighted by molar-refractivity contribution is -0.136. The van der Waals surface area contributed by atoms with Gasteiger partial charge in [-0.1, -0.05) is 0 Å². The molecule has 6 nitrogen and oxygen atoms in total. The normalized spacial score (nSPS) is 25.3. The van der Waals surface area contributed by atoms with Gasteiger partial charge >= 0.3 is 6.09 Å². The van der Waals surface area contributed by atoms with Gasteiger partial charge in [0.15, 0.2) is 0 Å². The van der Waals surface area contributed by atoms with Crippen molar-refractivity contribution in [2.45, 2.75) is 63.1 Å². The number of rotatable bonds is 2. The fourth-order valence-corrected chi connectivity index (χ4v) is 2.44. The third kappa shape index (κ3) is 3.46. The zero-order valence-corrected chi connectivity index (χ0v) is 12.8.